The molecule has 0 spiro atoms. The van der Waals surface area contributed by atoms with Crippen LogP contribution in [0.15, 0.2) is 48.5 Å². The van der Waals surface area contributed by atoms with Crippen molar-refractivity contribution in [3.05, 3.63) is 65.2 Å². The lowest BCUT2D eigenvalue weighted by Gasteiger charge is -2.32. The maximum Gasteiger partial charge on any atom is 0.258 e. The molecule has 1 amide bonds. The van der Waals surface area contributed by atoms with Gasteiger partial charge in [-0.3, -0.25) is 9.69 Å². The summed E-state index contributed by atoms with van der Waals surface area (Å²) in [6.45, 7) is 8.39. The Morgan fingerprint density at radius 2 is 1.69 bits per heavy atom. The van der Waals surface area contributed by atoms with Gasteiger partial charge < -0.3 is 9.80 Å². The van der Waals surface area contributed by atoms with E-state index >= 15 is 0 Å². The number of hydrogen-bond acceptors (Lipinski definition) is 3. The van der Waals surface area contributed by atoms with Crippen molar-refractivity contribution in [1.82, 2.24) is 9.80 Å². The topological polar surface area (TPSA) is 26.8 Å². The van der Waals surface area contributed by atoms with Crippen molar-refractivity contribution in [3.8, 4) is 0 Å². The first kappa shape index (κ1) is 17.3. The lowest BCUT2D eigenvalue weighted by atomic mass is 10.0. The number of amides is 1. The Balaban J connectivity index is 1.45. The Morgan fingerprint density at radius 1 is 1.00 bits per heavy atom. The molecule has 0 radical (unpaired) electrons. The van der Waals surface area contributed by atoms with Crippen molar-refractivity contribution in [2.24, 2.45) is 0 Å². The summed E-state index contributed by atoms with van der Waals surface area (Å²) in [7, 11) is 2.18. The van der Waals surface area contributed by atoms with Crippen LogP contribution >= 0.6 is 0 Å². The molecule has 4 heteroatoms. The summed E-state index contributed by atoms with van der Waals surface area (Å²) >= 11 is 0. The minimum Gasteiger partial charge on any atom is -0.307 e. The van der Waals surface area contributed by atoms with Gasteiger partial charge >= 0.3 is 0 Å². The summed E-state index contributed by atoms with van der Waals surface area (Å²) in [5, 5.41) is 0. The summed E-state index contributed by atoms with van der Waals surface area (Å²) < 4.78 is 0. The van der Waals surface area contributed by atoms with Crippen molar-refractivity contribution < 1.29 is 4.79 Å². The maximum atomic E-state index is 13.0. The van der Waals surface area contributed by atoms with E-state index in [1.165, 1.54) is 11.1 Å². The molecular formula is C22H27N3O. The van der Waals surface area contributed by atoms with E-state index in [0.29, 0.717) is 5.92 Å². The van der Waals surface area contributed by atoms with Crippen LogP contribution in [0.4, 0.5) is 5.69 Å². The second-order valence-electron chi connectivity index (χ2n) is 7.65. The van der Waals surface area contributed by atoms with Crippen LogP contribution in [-0.4, -0.2) is 55.5 Å². The first-order valence-electron chi connectivity index (χ1n) is 9.52. The average Bonchev–Trinajstić information content (AvgIpc) is 3.01. The van der Waals surface area contributed by atoms with E-state index in [0.717, 1.165) is 50.5 Å². The van der Waals surface area contributed by atoms with Gasteiger partial charge in [0.15, 0.2) is 0 Å². The van der Waals surface area contributed by atoms with Crippen LogP contribution in [0.3, 0.4) is 0 Å². The van der Waals surface area contributed by atoms with Crippen LogP contribution < -0.4 is 4.90 Å². The highest BCUT2D eigenvalue weighted by molar-refractivity contribution is 6.07. The molecule has 1 saturated heterocycles. The van der Waals surface area contributed by atoms with Gasteiger partial charge in [0.1, 0.15) is 0 Å². The summed E-state index contributed by atoms with van der Waals surface area (Å²) in [4.78, 5) is 19.8. The molecule has 1 atom stereocenters. The molecular weight excluding hydrogens is 322 g/mol. The van der Waals surface area contributed by atoms with Crippen molar-refractivity contribution in [2.45, 2.75) is 19.4 Å². The lowest BCUT2D eigenvalue weighted by molar-refractivity contribution is 0.0988. The number of benzene rings is 2. The SMILES string of the molecule is CC1CN(C(=O)c2ccc(CN3CCN(C)CC3)cc2)c2ccccc21. The zero-order valence-corrected chi connectivity index (χ0v) is 15.7. The fourth-order valence-electron chi connectivity index (χ4n) is 3.99. The van der Waals surface area contributed by atoms with Crippen LogP contribution in [0.1, 0.15) is 34.3 Å². The van der Waals surface area contributed by atoms with E-state index in [-0.39, 0.29) is 5.91 Å². The molecule has 0 aromatic heterocycles. The third-order valence-electron chi connectivity index (χ3n) is 5.66. The van der Waals surface area contributed by atoms with Crippen LogP contribution in [0.2, 0.25) is 0 Å². The van der Waals surface area contributed by atoms with Gasteiger partial charge in [0, 0.05) is 56.4 Å². The number of carbonyl (C=O) groups excluding carboxylic acids is 1. The first-order valence-corrected chi connectivity index (χ1v) is 9.52. The monoisotopic (exact) mass is 349 g/mol. The number of nitrogens with zero attached hydrogens (tertiary/aromatic N) is 3. The molecule has 0 bridgehead atoms. The van der Waals surface area contributed by atoms with Gasteiger partial charge in [-0.15, -0.1) is 0 Å². The highest BCUT2D eigenvalue weighted by atomic mass is 16.2. The summed E-state index contributed by atoms with van der Waals surface area (Å²) in [5.74, 6) is 0.500. The maximum absolute atomic E-state index is 13.0. The van der Waals surface area contributed by atoms with Crippen LogP contribution in [-0.2, 0) is 6.54 Å². The number of rotatable bonds is 3. The summed E-state index contributed by atoms with van der Waals surface area (Å²) in [6.07, 6.45) is 0. The van der Waals surface area contributed by atoms with Crippen LogP contribution in [0, 0.1) is 0 Å². The molecule has 0 aliphatic carbocycles. The van der Waals surface area contributed by atoms with Crippen LogP contribution in [0.25, 0.3) is 0 Å². The summed E-state index contributed by atoms with van der Waals surface area (Å²) in [6, 6.07) is 16.4. The Kier molecular flexibility index (Phi) is 4.79. The number of likely N-dealkylation sites (N-methyl/N-ethyl adjacent to an activating group) is 1. The molecule has 4 nitrogen and oxygen atoms in total. The second kappa shape index (κ2) is 7.22. The normalized spacial score (nSPS) is 21.0. The lowest BCUT2D eigenvalue weighted by Crippen LogP contribution is -2.43. The zero-order chi connectivity index (χ0) is 18.1. The highest BCUT2D eigenvalue weighted by Crippen LogP contribution is 2.36. The number of fused-ring (bicyclic) bond motifs is 1. The first-order chi connectivity index (χ1) is 12.6. The van der Waals surface area contributed by atoms with Gasteiger partial charge in [0.2, 0.25) is 0 Å². The molecule has 2 aliphatic rings. The molecule has 1 fully saturated rings. The highest BCUT2D eigenvalue weighted by Gasteiger charge is 2.29. The van der Waals surface area contributed by atoms with E-state index in [1.807, 2.05) is 23.1 Å². The van der Waals surface area contributed by atoms with Crippen molar-refractivity contribution in [2.75, 3.05) is 44.7 Å². The van der Waals surface area contributed by atoms with Gasteiger partial charge in [-0.1, -0.05) is 37.3 Å². The van der Waals surface area contributed by atoms with Crippen molar-refractivity contribution in [1.29, 1.82) is 0 Å². The number of piperazine rings is 1. The van der Waals surface area contributed by atoms with Crippen molar-refractivity contribution in [3.63, 3.8) is 0 Å². The molecule has 4 rings (SSSR count). The minimum atomic E-state index is 0.105. The molecule has 136 valence electrons. The minimum absolute atomic E-state index is 0.105. The predicted molar refractivity (Wildman–Crippen MR) is 106 cm³/mol. The fraction of sp³-hybridized carbons (Fsp3) is 0.409. The van der Waals surface area contributed by atoms with Gasteiger partial charge in [-0.2, -0.15) is 0 Å². The van der Waals surface area contributed by atoms with Gasteiger partial charge in [-0.05, 0) is 36.4 Å². The third-order valence-corrected chi connectivity index (χ3v) is 5.66. The van der Waals surface area contributed by atoms with E-state index in [2.05, 4.69) is 54.1 Å². The van der Waals surface area contributed by atoms with E-state index in [1.54, 1.807) is 0 Å². The molecule has 2 aromatic carbocycles. The smallest absolute Gasteiger partial charge is 0.258 e. The van der Waals surface area contributed by atoms with E-state index < -0.39 is 0 Å². The number of para-hydroxylation sites is 1. The number of carbonyl (C=O) groups is 1. The van der Waals surface area contributed by atoms with Gasteiger partial charge in [0.05, 0.1) is 0 Å². The molecule has 2 heterocycles. The summed E-state index contributed by atoms with van der Waals surface area (Å²) in [5.41, 5.74) is 4.39. The molecule has 2 aromatic rings. The average molecular weight is 349 g/mol. The molecule has 2 aliphatic heterocycles. The Morgan fingerprint density at radius 3 is 2.42 bits per heavy atom. The molecule has 0 saturated carbocycles. The largest absolute Gasteiger partial charge is 0.307 e. The molecule has 26 heavy (non-hydrogen) atoms. The standard InChI is InChI=1S/C22H27N3O/c1-17-15-25(21-6-4-3-5-20(17)21)22(26)19-9-7-18(8-10-19)16-24-13-11-23(2)12-14-24/h3-10,17H,11-16H2,1-2H3. The fourth-order valence-corrected chi connectivity index (χ4v) is 3.99. The Hall–Kier alpha value is -2.17. The number of hydrogen-bond donors (Lipinski definition) is 0. The van der Waals surface area contributed by atoms with Gasteiger partial charge in [0.25, 0.3) is 5.91 Å². The van der Waals surface area contributed by atoms with E-state index in [4.69, 9.17) is 0 Å². The predicted octanol–water partition coefficient (Wildman–Crippen LogP) is 3.20. The molecule has 1 unspecified atom stereocenters. The molecule has 0 N–H and O–H groups in total. The zero-order valence-electron chi connectivity index (χ0n) is 15.7. The quantitative estimate of drug-likeness (QED) is 0.851. The van der Waals surface area contributed by atoms with E-state index in [9.17, 15) is 4.79 Å². The number of anilines is 1. The Bertz CT molecular complexity index is 778. The second-order valence-corrected chi connectivity index (χ2v) is 7.65. The van der Waals surface area contributed by atoms with Crippen molar-refractivity contribution >= 4 is 11.6 Å². The third kappa shape index (κ3) is 3.39. The van der Waals surface area contributed by atoms with Gasteiger partial charge in [-0.25, -0.2) is 0 Å². The Labute approximate surface area is 156 Å². The van der Waals surface area contributed by atoms with Crippen LogP contribution in [0.5, 0.6) is 0 Å².